The summed E-state index contributed by atoms with van der Waals surface area (Å²) in [5, 5.41) is 0. The second-order valence-corrected chi connectivity index (χ2v) is 3.48. The van der Waals surface area contributed by atoms with Crippen molar-refractivity contribution < 1.29 is 0 Å². The van der Waals surface area contributed by atoms with Crippen molar-refractivity contribution in [2.75, 3.05) is 12.0 Å². The van der Waals surface area contributed by atoms with Gasteiger partial charge in [-0.05, 0) is 24.5 Å². The molecule has 0 saturated heterocycles. The summed E-state index contributed by atoms with van der Waals surface area (Å²) in [5.74, 6) is 1.80. The van der Waals surface area contributed by atoms with Gasteiger partial charge < -0.3 is 5.73 Å². The highest BCUT2D eigenvalue weighted by Crippen LogP contribution is 2.10. The average Bonchev–Trinajstić information content (AvgIpc) is 2.15. The molecule has 1 aromatic heterocycles. The number of thioether (sulfide) groups is 1. The Bertz CT molecular complexity index is 215. The Hall–Kier alpha value is -0.610. The Kier molecular flexibility index (Phi) is 4.04. The molecule has 0 aliphatic heterocycles. The van der Waals surface area contributed by atoms with Gasteiger partial charge in [0.1, 0.15) is 5.82 Å². The molecule has 0 amide bonds. The first-order valence-electron chi connectivity index (χ1n) is 3.86. The van der Waals surface area contributed by atoms with E-state index in [4.69, 9.17) is 5.73 Å². The molecule has 4 heteroatoms. The molecule has 0 aliphatic rings. The monoisotopic (exact) mass is 183 g/mol. The third-order valence-electron chi connectivity index (χ3n) is 1.55. The largest absolute Gasteiger partial charge is 0.321 e. The quantitative estimate of drug-likeness (QED) is 0.762. The smallest absolute Gasteiger partial charge is 0.144 e. The van der Waals surface area contributed by atoms with E-state index in [1.807, 2.05) is 0 Å². The molecule has 0 spiro atoms. The Morgan fingerprint density at radius 1 is 1.50 bits per heavy atom. The number of aromatic nitrogens is 2. The van der Waals surface area contributed by atoms with Crippen molar-refractivity contribution in [2.45, 2.75) is 12.5 Å². The molecule has 2 N–H and O–H groups in total. The molecule has 0 aliphatic carbocycles. The van der Waals surface area contributed by atoms with Crippen molar-refractivity contribution in [3.8, 4) is 0 Å². The van der Waals surface area contributed by atoms with Crippen LogP contribution in [0.1, 0.15) is 18.3 Å². The fraction of sp³-hybridized carbons (Fsp3) is 0.500. The maximum Gasteiger partial charge on any atom is 0.144 e. The molecule has 1 rings (SSSR count). The van der Waals surface area contributed by atoms with Crippen LogP contribution in [-0.4, -0.2) is 22.0 Å². The van der Waals surface area contributed by atoms with E-state index in [-0.39, 0.29) is 6.04 Å². The van der Waals surface area contributed by atoms with E-state index in [2.05, 4.69) is 16.2 Å². The third-order valence-corrected chi connectivity index (χ3v) is 2.19. The van der Waals surface area contributed by atoms with Gasteiger partial charge >= 0.3 is 0 Å². The molecular weight excluding hydrogens is 170 g/mol. The van der Waals surface area contributed by atoms with Gasteiger partial charge in [0.2, 0.25) is 0 Å². The molecule has 0 unspecified atom stereocenters. The number of nitrogens with two attached hydrogens (primary N) is 1. The van der Waals surface area contributed by atoms with Crippen molar-refractivity contribution in [3.63, 3.8) is 0 Å². The van der Waals surface area contributed by atoms with Crippen LogP contribution in [0.25, 0.3) is 0 Å². The molecule has 0 aromatic carbocycles. The van der Waals surface area contributed by atoms with Crippen LogP contribution < -0.4 is 5.73 Å². The van der Waals surface area contributed by atoms with Crippen LogP contribution in [0.2, 0.25) is 0 Å². The van der Waals surface area contributed by atoms with Crippen molar-refractivity contribution >= 4 is 11.8 Å². The zero-order valence-electron chi connectivity index (χ0n) is 7.10. The Labute approximate surface area is 76.8 Å². The van der Waals surface area contributed by atoms with E-state index in [1.54, 1.807) is 30.2 Å². The minimum absolute atomic E-state index is 0.0151. The number of rotatable bonds is 4. The van der Waals surface area contributed by atoms with E-state index < -0.39 is 0 Å². The van der Waals surface area contributed by atoms with Gasteiger partial charge in [-0.25, -0.2) is 9.97 Å². The maximum absolute atomic E-state index is 5.84. The van der Waals surface area contributed by atoms with Crippen LogP contribution in [-0.2, 0) is 0 Å². The molecule has 0 radical (unpaired) electrons. The van der Waals surface area contributed by atoms with Gasteiger partial charge in [0.15, 0.2) is 0 Å². The molecule has 12 heavy (non-hydrogen) atoms. The average molecular weight is 183 g/mol. The Morgan fingerprint density at radius 3 is 2.75 bits per heavy atom. The lowest BCUT2D eigenvalue weighted by molar-refractivity contribution is 0.654. The SMILES string of the molecule is CSCC[C@@H](N)c1ncccn1. The first-order valence-corrected chi connectivity index (χ1v) is 5.25. The van der Waals surface area contributed by atoms with Crippen LogP contribution in [0.15, 0.2) is 18.5 Å². The third kappa shape index (κ3) is 2.79. The van der Waals surface area contributed by atoms with Gasteiger partial charge in [-0.3, -0.25) is 0 Å². The standard InChI is InChI=1S/C8H13N3S/c1-12-6-3-7(9)8-10-4-2-5-11-8/h2,4-5,7H,3,6,9H2,1H3/t7-/m1/s1. The van der Waals surface area contributed by atoms with Crippen LogP contribution in [0, 0.1) is 0 Å². The summed E-state index contributed by atoms with van der Waals surface area (Å²) >= 11 is 1.79. The Balaban J connectivity index is 2.48. The van der Waals surface area contributed by atoms with E-state index in [0.717, 1.165) is 18.0 Å². The lowest BCUT2D eigenvalue weighted by Crippen LogP contribution is -2.14. The van der Waals surface area contributed by atoms with Crippen LogP contribution in [0.3, 0.4) is 0 Å². The highest BCUT2D eigenvalue weighted by atomic mass is 32.2. The lowest BCUT2D eigenvalue weighted by Gasteiger charge is -2.07. The number of hydrogen-bond donors (Lipinski definition) is 1. The molecule has 3 nitrogen and oxygen atoms in total. The zero-order chi connectivity index (χ0) is 8.81. The van der Waals surface area contributed by atoms with Gasteiger partial charge in [-0.15, -0.1) is 0 Å². The summed E-state index contributed by atoms with van der Waals surface area (Å²) < 4.78 is 0. The van der Waals surface area contributed by atoms with Crippen LogP contribution >= 0.6 is 11.8 Å². The second-order valence-electron chi connectivity index (χ2n) is 2.49. The highest BCUT2D eigenvalue weighted by molar-refractivity contribution is 7.98. The highest BCUT2D eigenvalue weighted by Gasteiger charge is 2.06. The molecule has 0 saturated carbocycles. The topological polar surface area (TPSA) is 51.8 Å². The lowest BCUT2D eigenvalue weighted by atomic mass is 10.2. The van der Waals surface area contributed by atoms with Gasteiger partial charge in [0.25, 0.3) is 0 Å². The fourth-order valence-corrected chi connectivity index (χ4v) is 1.37. The fourth-order valence-electron chi connectivity index (χ4n) is 0.876. The summed E-state index contributed by atoms with van der Waals surface area (Å²) in [6.07, 6.45) is 6.45. The van der Waals surface area contributed by atoms with Crippen molar-refractivity contribution in [1.29, 1.82) is 0 Å². The number of nitrogens with zero attached hydrogens (tertiary/aromatic N) is 2. The Morgan fingerprint density at radius 2 is 2.17 bits per heavy atom. The molecule has 66 valence electrons. The summed E-state index contributed by atoms with van der Waals surface area (Å²) in [5.41, 5.74) is 5.84. The van der Waals surface area contributed by atoms with E-state index in [0.29, 0.717) is 0 Å². The molecule has 0 bridgehead atoms. The minimum atomic E-state index is -0.0151. The van der Waals surface area contributed by atoms with Crippen molar-refractivity contribution in [2.24, 2.45) is 5.73 Å². The first-order chi connectivity index (χ1) is 5.84. The van der Waals surface area contributed by atoms with E-state index in [9.17, 15) is 0 Å². The predicted octanol–water partition coefficient (Wildman–Crippen LogP) is 1.23. The van der Waals surface area contributed by atoms with Gasteiger partial charge in [-0.2, -0.15) is 11.8 Å². The molecule has 1 atom stereocenters. The second kappa shape index (κ2) is 5.11. The van der Waals surface area contributed by atoms with Gasteiger partial charge in [0, 0.05) is 12.4 Å². The maximum atomic E-state index is 5.84. The summed E-state index contributed by atoms with van der Waals surface area (Å²) in [6.45, 7) is 0. The molecule has 1 heterocycles. The van der Waals surface area contributed by atoms with Gasteiger partial charge in [0.05, 0.1) is 6.04 Å². The summed E-state index contributed by atoms with van der Waals surface area (Å²) in [4.78, 5) is 8.17. The number of hydrogen-bond acceptors (Lipinski definition) is 4. The van der Waals surface area contributed by atoms with Crippen molar-refractivity contribution in [3.05, 3.63) is 24.3 Å². The predicted molar refractivity (Wildman–Crippen MR) is 52.0 cm³/mol. The van der Waals surface area contributed by atoms with E-state index >= 15 is 0 Å². The van der Waals surface area contributed by atoms with Gasteiger partial charge in [-0.1, -0.05) is 0 Å². The molecule has 0 fully saturated rings. The van der Waals surface area contributed by atoms with E-state index in [1.165, 1.54) is 0 Å². The van der Waals surface area contributed by atoms with Crippen LogP contribution in [0.4, 0.5) is 0 Å². The summed E-state index contributed by atoms with van der Waals surface area (Å²) in [6, 6.07) is 1.78. The zero-order valence-corrected chi connectivity index (χ0v) is 7.92. The minimum Gasteiger partial charge on any atom is -0.321 e. The normalized spacial score (nSPS) is 12.8. The molecule has 1 aromatic rings. The summed E-state index contributed by atoms with van der Waals surface area (Å²) in [7, 11) is 0. The van der Waals surface area contributed by atoms with Crippen LogP contribution in [0.5, 0.6) is 0 Å². The first kappa shape index (κ1) is 9.48. The molecular formula is C8H13N3S. The van der Waals surface area contributed by atoms with Crippen molar-refractivity contribution in [1.82, 2.24) is 9.97 Å².